The van der Waals surface area contributed by atoms with E-state index in [1.54, 1.807) is 64.9 Å². The van der Waals surface area contributed by atoms with Crippen LogP contribution in [0.4, 0.5) is 46.0 Å². The van der Waals surface area contributed by atoms with E-state index in [1.807, 2.05) is 4.90 Å². The standard InChI is InChI=1S/C58H76F7N11O8S/c1-34(82-8)47-39(24-36(29-66-47)72-18-16-71(17-19-72)31-57(60,61)62)49-40-28-56(5,6)33-83-52(79)42-14-11-15-76(69-42)51(78)43(27-46-67-44(30-85-46)38-25-37(40)45(26-41(38)59)75(49)32-58(63,64)65)68-50(77)48(35-12-9-10-13-35)70(7)53(80)73-20-22-74(23-21-73)54(81)84-55(2,3)4/h24-26,29-30,34-35,42-43,48,69H,9-23,27-28,31-33H2,1-8H3,(H,68,77)/t34-,42-,43-,48-/m0/s1. The molecule has 0 radical (unpaired) electrons. The molecule has 19 nitrogen and oxygen atoms in total. The van der Waals surface area contributed by atoms with Crippen molar-refractivity contribution in [1.82, 2.24) is 49.9 Å². The molecule has 6 bridgehead atoms. The summed E-state index contributed by atoms with van der Waals surface area (Å²) < 4.78 is 121. The minimum Gasteiger partial charge on any atom is -0.464 e. The predicted molar refractivity (Wildman–Crippen MR) is 303 cm³/mol. The second-order valence-corrected chi connectivity index (χ2v) is 25.7. The number of benzene rings is 1. The maximum absolute atomic E-state index is 17.1. The Labute approximate surface area is 493 Å². The van der Waals surface area contributed by atoms with Crippen LogP contribution in [0.15, 0.2) is 29.8 Å². The zero-order chi connectivity index (χ0) is 61.5. The number of aromatic nitrogens is 3. The Hall–Kier alpha value is -6.32. The number of anilines is 1. The van der Waals surface area contributed by atoms with E-state index in [4.69, 9.17) is 24.2 Å². The molecule has 1 aliphatic carbocycles. The highest BCUT2D eigenvalue weighted by Gasteiger charge is 2.43. The van der Waals surface area contributed by atoms with Gasteiger partial charge in [0.15, 0.2) is 0 Å². The number of pyridine rings is 1. The van der Waals surface area contributed by atoms with Crippen LogP contribution in [0.1, 0.15) is 102 Å². The summed E-state index contributed by atoms with van der Waals surface area (Å²) in [6.45, 7) is 8.95. The van der Waals surface area contributed by atoms with Gasteiger partial charge in [0.05, 0.1) is 58.7 Å². The fourth-order valence-corrected chi connectivity index (χ4v) is 13.1. The van der Waals surface area contributed by atoms with Crippen LogP contribution in [-0.4, -0.2) is 191 Å². The normalized spacial score (nSPS) is 21.4. The first-order valence-electron chi connectivity index (χ1n) is 28.9. The third-order valence-corrected chi connectivity index (χ3v) is 17.4. The number of ether oxygens (including phenoxy) is 3. The van der Waals surface area contributed by atoms with E-state index in [1.165, 1.54) is 39.1 Å². The molecule has 5 amide bonds. The summed E-state index contributed by atoms with van der Waals surface area (Å²) >= 11 is 1.07. The lowest BCUT2D eigenvalue weighted by molar-refractivity contribution is -0.155. The number of hydrogen-bond donors (Lipinski definition) is 2. The second kappa shape index (κ2) is 25.2. The Morgan fingerprint density at radius 3 is 2.21 bits per heavy atom. The Balaban J connectivity index is 1.10. The van der Waals surface area contributed by atoms with Crippen molar-refractivity contribution in [2.45, 2.75) is 142 Å². The van der Waals surface area contributed by atoms with E-state index in [2.05, 4.69) is 10.7 Å². The van der Waals surface area contributed by atoms with Crippen molar-refractivity contribution in [2.75, 3.05) is 91.1 Å². The van der Waals surface area contributed by atoms with E-state index < -0.39 is 96.4 Å². The highest BCUT2D eigenvalue weighted by Crippen LogP contribution is 2.45. The molecule has 4 fully saturated rings. The first-order chi connectivity index (χ1) is 40.0. The number of piperazine rings is 2. The van der Waals surface area contributed by atoms with Crippen molar-refractivity contribution in [1.29, 1.82) is 0 Å². The topological polar surface area (TPSA) is 187 Å². The Bertz CT molecular complexity index is 3110. The summed E-state index contributed by atoms with van der Waals surface area (Å²) in [6.07, 6.45) is -5.79. The van der Waals surface area contributed by atoms with E-state index in [9.17, 15) is 37.1 Å². The number of rotatable bonds is 10. The molecule has 27 heteroatoms. The third-order valence-electron chi connectivity index (χ3n) is 16.5. The van der Waals surface area contributed by atoms with Crippen molar-refractivity contribution >= 4 is 57.8 Å². The van der Waals surface area contributed by atoms with Crippen molar-refractivity contribution in [3.8, 4) is 22.5 Å². The lowest BCUT2D eigenvalue weighted by atomic mass is 9.84. The molecule has 3 saturated heterocycles. The fourth-order valence-electron chi connectivity index (χ4n) is 12.2. The van der Waals surface area contributed by atoms with Crippen LogP contribution in [-0.2, 0) is 48.0 Å². The van der Waals surface area contributed by atoms with E-state index in [-0.39, 0.29) is 135 Å². The van der Waals surface area contributed by atoms with Gasteiger partial charge in [-0.2, -0.15) is 26.3 Å². The number of fused-ring (bicyclic) bond motifs is 6. The van der Waals surface area contributed by atoms with Crippen molar-refractivity contribution in [3.63, 3.8) is 0 Å². The number of methoxy groups -OCH3 is 1. The average Bonchev–Trinajstić information content (AvgIpc) is 4.15. The maximum Gasteiger partial charge on any atom is 0.410 e. The van der Waals surface area contributed by atoms with Gasteiger partial charge in [0.2, 0.25) is 5.91 Å². The van der Waals surface area contributed by atoms with Crippen LogP contribution in [0.25, 0.3) is 33.4 Å². The van der Waals surface area contributed by atoms with Gasteiger partial charge in [0.25, 0.3) is 5.91 Å². The van der Waals surface area contributed by atoms with E-state index in [0.717, 1.165) is 34.8 Å². The van der Waals surface area contributed by atoms with Crippen LogP contribution in [0, 0.1) is 17.2 Å². The Kier molecular flexibility index (Phi) is 18.7. The number of hydrazine groups is 1. The van der Waals surface area contributed by atoms with Gasteiger partial charge in [0, 0.05) is 107 Å². The molecule has 0 unspecified atom stereocenters. The molecule has 85 heavy (non-hydrogen) atoms. The van der Waals surface area contributed by atoms with Crippen LogP contribution < -0.4 is 15.6 Å². The molecule has 3 aromatic heterocycles. The maximum atomic E-state index is 17.1. The molecule has 5 aliphatic rings. The number of esters is 1. The van der Waals surface area contributed by atoms with E-state index >= 15 is 17.6 Å². The number of likely N-dealkylation sites (N-methyl/N-ethyl adjacent to an activating group) is 1. The molecular formula is C58H76F7N11O8S. The minimum absolute atomic E-state index is 0.0336. The van der Waals surface area contributed by atoms with Crippen LogP contribution in [0.2, 0.25) is 0 Å². The molecule has 4 atom stereocenters. The van der Waals surface area contributed by atoms with Gasteiger partial charge in [-0.1, -0.05) is 26.7 Å². The lowest BCUT2D eigenvalue weighted by Gasteiger charge is -2.40. The molecule has 4 aliphatic heterocycles. The second-order valence-electron chi connectivity index (χ2n) is 24.8. The Morgan fingerprint density at radius 1 is 0.894 bits per heavy atom. The van der Waals surface area contributed by atoms with Gasteiger partial charge < -0.3 is 43.7 Å². The number of halogens is 7. The number of carbonyl (C=O) groups excluding carboxylic acids is 5. The first-order valence-corrected chi connectivity index (χ1v) is 29.8. The summed E-state index contributed by atoms with van der Waals surface area (Å²) in [7, 11) is 2.96. The zero-order valence-electron chi connectivity index (χ0n) is 49.3. The average molecular weight is 1220 g/mol. The molecule has 4 aromatic rings. The number of carbonyl (C=O) groups is 5. The molecule has 2 N–H and O–H groups in total. The zero-order valence-corrected chi connectivity index (χ0v) is 50.1. The van der Waals surface area contributed by atoms with Crippen molar-refractivity contribution in [3.05, 3.63) is 51.9 Å². The Morgan fingerprint density at radius 2 is 1.56 bits per heavy atom. The third kappa shape index (κ3) is 14.9. The molecular weight excluding hydrogens is 1140 g/mol. The predicted octanol–water partition coefficient (Wildman–Crippen LogP) is 8.73. The monoisotopic (exact) mass is 1220 g/mol. The summed E-state index contributed by atoms with van der Waals surface area (Å²) in [5.41, 5.74) is 2.43. The number of cyclic esters (lactones) is 1. The molecule has 9 rings (SSSR count). The molecule has 1 aromatic carbocycles. The number of nitrogens with zero attached hydrogens (tertiary/aromatic N) is 9. The number of urea groups is 1. The van der Waals surface area contributed by atoms with Crippen LogP contribution >= 0.6 is 11.3 Å². The largest absolute Gasteiger partial charge is 0.464 e. The first kappa shape index (κ1) is 63.2. The lowest BCUT2D eigenvalue weighted by Crippen LogP contribution is -2.63. The number of amides is 5. The van der Waals surface area contributed by atoms with Gasteiger partial charge in [0.1, 0.15) is 36.1 Å². The summed E-state index contributed by atoms with van der Waals surface area (Å²) in [5.74, 6) is -3.10. The highest BCUT2D eigenvalue weighted by atomic mass is 32.1. The molecule has 1 saturated carbocycles. The van der Waals surface area contributed by atoms with Crippen molar-refractivity contribution < 1.29 is 68.9 Å². The number of hydrogen-bond acceptors (Lipinski definition) is 14. The minimum atomic E-state index is -4.85. The van der Waals surface area contributed by atoms with Gasteiger partial charge in [-0.25, -0.2) is 24.4 Å². The summed E-state index contributed by atoms with van der Waals surface area (Å²) in [6, 6.07) is 0.292. The van der Waals surface area contributed by atoms with Crippen LogP contribution in [0.3, 0.4) is 0 Å². The fraction of sp³-hybridized carbons (Fsp3) is 0.638. The number of alkyl halides is 6. The van der Waals surface area contributed by atoms with Crippen molar-refractivity contribution in [2.24, 2.45) is 11.3 Å². The van der Waals surface area contributed by atoms with Gasteiger partial charge in [-0.15, -0.1) is 11.3 Å². The molecule has 466 valence electrons. The highest BCUT2D eigenvalue weighted by molar-refractivity contribution is 7.10. The van der Waals surface area contributed by atoms with Gasteiger partial charge in [-0.3, -0.25) is 29.3 Å². The van der Waals surface area contributed by atoms with Crippen LogP contribution in [0.5, 0.6) is 0 Å². The quantitative estimate of drug-likeness (QED) is 0.114. The molecule has 7 heterocycles. The number of thiazole rings is 1. The smallest absolute Gasteiger partial charge is 0.410 e. The van der Waals surface area contributed by atoms with Gasteiger partial charge in [-0.05, 0) is 89.5 Å². The number of nitrogens with one attached hydrogen (secondary N) is 2. The van der Waals surface area contributed by atoms with Gasteiger partial charge >= 0.3 is 30.4 Å². The van der Waals surface area contributed by atoms with E-state index in [0.29, 0.717) is 30.5 Å². The summed E-state index contributed by atoms with van der Waals surface area (Å²) in [4.78, 5) is 88.4. The summed E-state index contributed by atoms with van der Waals surface area (Å²) in [5, 5.41) is 6.30. The molecule has 0 spiro atoms. The SMILES string of the molecule is CO[C@@H](C)c1ncc(N2CCN(CC(F)(F)F)CC2)cc1-c1c2c3cc(c(F)cc3n1CC(F)(F)F)-c1csc(n1)C[C@H](NC(=O)[C@H](C1CCCC1)N(C)C(=O)N1CCN(C(=O)OC(C)(C)C)CC1)C(=O)N1CCC[C@H](N1)C(=O)OCC(C)(C)C2.